The lowest BCUT2D eigenvalue weighted by Crippen LogP contribution is -2.30. The van der Waals surface area contributed by atoms with Crippen molar-refractivity contribution in [3.8, 4) is 11.1 Å². The zero-order chi connectivity index (χ0) is 22.5. The van der Waals surface area contributed by atoms with Crippen molar-refractivity contribution in [2.75, 3.05) is 14.1 Å². The molecular weight excluding hydrogens is 399 g/mol. The number of guanidine groups is 1. The van der Waals surface area contributed by atoms with Crippen LogP contribution in [0.3, 0.4) is 0 Å². The monoisotopic (exact) mass is 424 g/mol. The van der Waals surface area contributed by atoms with E-state index in [1.165, 1.54) is 6.07 Å². The standard InChI is InChI=1S/C23H25FN4O3/c1-14(16-9-10-17(19(24)11-16)15-7-5-4-6-8-15)22-18(12-21(29)30)20(31-27-22)13-26-23(25)28(2)3/h4-11,14H,12-13H2,1-3H3,(H2,25,26)(H,29,30). The number of halogens is 1. The molecule has 0 aliphatic carbocycles. The Morgan fingerprint density at radius 2 is 1.97 bits per heavy atom. The zero-order valence-corrected chi connectivity index (χ0v) is 17.7. The van der Waals surface area contributed by atoms with Gasteiger partial charge in [-0.3, -0.25) is 4.79 Å². The van der Waals surface area contributed by atoms with Crippen LogP contribution >= 0.6 is 0 Å². The van der Waals surface area contributed by atoms with E-state index in [-0.39, 0.29) is 30.7 Å². The van der Waals surface area contributed by atoms with Gasteiger partial charge < -0.3 is 20.3 Å². The molecule has 0 saturated carbocycles. The molecule has 7 nitrogen and oxygen atoms in total. The van der Waals surface area contributed by atoms with Crippen LogP contribution in [0.5, 0.6) is 0 Å². The Labute approximate surface area is 180 Å². The van der Waals surface area contributed by atoms with Crippen molar-refractivity contribution in [1.82, 2.24) is 10.1 Å². The van der Waals surface area contributed by atoms with Gasteiger partial charge in [0.05, 0.1) is 12.1 Å². The van der Waals surface area contributed by atoms with Crippen LogP contribution in [0, 0.1) is 5.82 Å². The van der Waals surface area contributed by atoms with Gasteiger partial charge in [0, 0.05) is 31.1 Å². The van der Waals surface area contributed by atoms with Crippen molar-refractivity contribution in [2.24, 2.45) is 10.7 Å². The topological polar surface area (TPSA) is 105 Å². The summed E-state index contributed by atoms with van der Waals surface area (Å²) in [4.78, 5) is 17.3. The van der Waals surface area contributed by atoms with Crippen molar-refractivity contribution >= 4 is 11.9 Å². The minimum Gasteiger partial charge on any atom is -0.481 e. The van der Waals surface area contributed by atoms with E-state index in [1.54, 1.807) is 25.1 Å². The van der Waals surface area contributed by atoms with E-state index in [4.69, 9.17) is 10.3 Å². The van der Waals surface area contributed by atoms with E-state index < -0.39 is 5.97 Å². The molecule has 3 rings (SSSR count). The van der Waals surface area contributed by atoms with Crippen LogP contribution in [0.15, 0.2) is 58.0 Å². The van der Waals surface area contributed by atoms with Gasteiger partial charge in [-0.1, -0.05) is 54.5 Å². The minimum atomic E-state index is -1.02. The molecule has 8 heteroatoms. The molecule has 1 unspecified atom stereocenters. The number of benzene rings is 2. The molecule has 3 aromatic rings. The number of carboxylic acid groups (broad SMARTS) is 1. The van der Waals surface area contributed by atoms with Crippen molar-refractivity contribution in [2.45, 2.75) is 25.8 Å². The van der Waals surface area contributed by atoms with Gasteiger partial charge in [0.2, 0.25) is 0 Å². The maximum atomic E-state index is 14.8. The summed E-state index contributed by atoms with van der Waals surface area (Å²) in [6.45, 7) is 1.90. The Bertz CT molecular complexity index is 1090. The number of carboxylic acids is 1. The Balaban J connectivity index is 1.93. The summed E-state index contributed by atoms with van der Waals surface area (Å²) in [7, 11) is 3.50. The van der Waals surface area contributed by atoms with Crippen LogP contribution in [-0.4, -0.2) is 41.2 Å². The summed E-state index contributed by atoms with van der Waals surface area (Å²) < 4.78 is 20.2. The molecule has 2 aromatic carbocycles. The molecule has 0 aliphatic heterocycles. The van der Waals surface area contributed by atoms with E-state index in [1.807, 2.05) is 43.3 Å². The third-order valence-corrected chi connectivity index (χ3v) is 5.06. The first-order valence-corrected chi connectivity index (χ1v) is 9.79. The number of aliphatic carboxylic acids is 1. The fraction of sp³-hybridized carbons (Fsp3) is 0.261. The van der Waals surface area contributed by atoms with Crippen molar-refractivity contribution < 1.29 is 18.8 Å². The quantitative estimate of drug-likeness (QED) is 0.443. The maximum absolute atomic E-state index is 14.8. The second-order valence-electron chi connectivity index (χ2n) is 7.44. The highest BCUT2D eigenvalue weighted by molar-refractivity contribution is 5.77. The fourth-order valence-electron chi connectivity index (χ4n) is 3.27. The predicted octanol–water partition coefficient (Wildman–Crippen LogP) is 3.64. The zero-order valence-electron chi connectivity index (χ0n) is 17.7. The van der Waals surface area contributed by atoms with Gasteiger partial charge in [0.1, 0.15) is 12.4 Å². The van der Waals surface area contributed by atoms with Gasteiger partial charge in [-0.05, 0) is 17.2 Å². The first kappa shape index (κ1) is 22.0. The largest absolute Gasteiger partial charge is 0.481 e. The maximum Gasteiger partial charge on any atom is 0.308 e. The SMILES string of the molecule is CC(c1ccc(-c2ccccc2)c(F)c1)c1noc(CN=C(N)N(C)C)c1CC(=O)O. The van der Waals surface area contributed by atoms with Crippen molar-refractivity contribution in [3.05, 3.63) is 76.9 Å². The highest BCUT2D eigenvalue weighted by Gasteiger charge is 2.24. The van der Waals surface area contributed by atoms with Gasteiger partial charge >= 0.3 is 5.97 Å². The molecule has 31 heavy (non-hydrogen) atoms. The molecule has 0 fully saturated rings. The summed E-state index contributed by atoms with van der Waals surface area (Å²) in [5.74, 6) is -1.14. The van der Waals surface area contributed by atoms with Crippen LogP contribution < -0.4 is 5.73 Å². The summed E-state index contributed by atoms with van der Waals surface area (Å²) in [5.41, 5.74) is 8.63. The number of hydrogen-bond donors (Lipinski definition) is 2. The molecule has 1 aromatic heterocycles. The average Bonchev–Trinajstić information content (AvgIpc) is 3.13. The Hall–Kier alpha value is -3.68. The Kier molecular flexibility index (Phi) is 6.69. The molecule has 0 amide bonds. The van der Waals surface area contributed by atoms with E-state index >= 15 is 0 Å². The third kappa shape index (κ3) is 5.09. The van der Waals surface area contributed by atoms with E-state index in [0.29, 0.717) is 28.1 Å². The number of hydrogen-bond acceptors (Lipinski definition) is 4. The molecule has 162 valence electrons. The van der Waals surface area contributed by atoms with Gasteiger partial charge in [-0.25, -0.2) is 9.38 Å². The second kappa shape index (κ2) is 9.42. The molecule has 0 saturated heterocycles. The van der Waals surface area contributed by atoms with Crippen LogP contribution in [0.25, 0.3) is 11.1 Å². The lowest BCUT2D eigenvalue weighted by Gasteiger charge is -2.13. The van der Waals surface area contributed by atoms with Crippen molar-refractivity contribution in [3.63, 3.8) is 0 Å². The lowest BCUT2D eigenvalue weighted by molar-refractivity contribution is -0.136. The molecule has 3 N–H and O–H groups in total. The summed E-state index contributed by atoms with van der Waals surface area (Å²) in [5, 5.41) is 13.5. The lowest BCUT2D eigenvalue weighted by atomic mass is 9.91. The van der Waals surface area contributed by atoms with Gasteiger partial charge in [0.15, 0.2) is 11.7 Å². The van der Waals surface area contributed by atoms with E-state index in [2.05, 4.69) is 10.1 Å². The molecule has 0 bridgehead atoms. The summed E-state index contributed by atoms with van der Waals surface area (Å²) >= 11 is 0. The number of nitrogens with zero attached hydrogens (tertiary/aromatic N) is 3. The molecule has 1 heterocycles. The first-order chi connectivity index (χ1) is 14.8. The highest BCUT2D eigenvalue weighted by Crippen LogP contribution is 2.32. The fourth-order valence-corrected chi connectivity index (χ4v) is 3.27. The smallest absolute Gasteiger partial charge is 0.308 e. The normalized spacial score (nSPS) is 12.6. The number of aliphatic imine (C=N–C) groups is 1. The first-order valence-electron chi connectivity index (χ1n) is 9.79. The molecule has 0 spiro atoms. The van der Waals surface area contributed by atoms with E-state index in [9.17, 15) is 14.3 Å². The van der Waals surface area contributed by atoms with Gasteiger partial charge in [-0.15, -0.1) is 0 Å². The van der Waals surface area contributed by atoms with Crippen LogP contribution in [0.2, 0.25) is 0 Å². The van der Waals surface area contributed by atoms with Crippen LogP contribution in [0.1, 0.15) is 35.4 Å². The van der Waals surface area contributed by atoms with Crippen LogP contribution in [-0.2, 0) is 17.8 Å². The number of nitrogens with two attached hydrogens (primary N) is 1. The molecule has 0 aliphatic rings. The molecule has 0 radical (unpaired) electrons. The average molecular weight is 424 g/mol. The Morgan fingerprint density at radius 1 is 1.26 bits per heavy atom. The van der Waals surface area contributed by atoms with Crippen molar-refractivity contribution in [1.29, 1.82) is 0 Å². The second-order valence-corrected chi connectivity index (χ2v) is 7.44. The Morgan fingerprint density at radius 3 is 2.58 bits per heavy atom. The predicted molar refractivity (Wildman–Crippen MR) is 116 cm³/mol. The van der Waals surface area contributed by atoms with Gasteiger partial charge in [0.25, 0.3) is 0 Å². The summed E-state index contributed by atoms with van der Waals surface area (Å²) in [6.07, 6.45) is -0.277. The minimum absolute atomic E-state index is 0.0631. The summed E-state index contributed by atoms with van der Waals surface area (Å²) in [6, 6.07) is 14.3. The highest BCUT2D eigenvalue weighted by atomic mass is 19.1. The molecule has 1 atom stereocenters. The van der Waals surface area contributed by atoms with Crippen LogP contribution in [0.4, 0.5) is 4.39 Å². The number of aromatic nitrogens is 1. The molecular formula is C23H25FN4O3. The third-order valence-electron chi connectivity index (χ3n) is 5.06. The van der Waals surface area contributed by atoms with Gasteiger partial charge in [-0.2, -0.15) is 0 Å². The number of carbonyl (C=O) groups is 1. The number of rotatable bonds is 7. The van der Waals surface area contributed by atoms with E-state index in [0.717, 1.165) is 5.56 Å².